The molecule has 0 aliphatic rings. The monoisotopic (exact) mass is 239 g/mol. The first-order valence-electron chi connectivity index (χ1n) is 6.11. The number of hydrogen-bond donors (Lipinski definition) is 1. The van der Waals surface area contributed by atoms with Crippen LogP contribution in [0.25, 0.3) is 0 Å². The zero-order chi connectivity index (χ0) is 12.8. The van der Waals surface area contributed by atoms with E-state index in [-0.39, 0.29) is 0 Å². The van der Waals surface area contributed by atoms with Crippen LogP contribution in [-0.2, 0) is 6.42 Å². The highest BCUT2D eigenvalue weighted by atomic mass is 16.3. The second-order valence-electron chi connectivity index (χ2n) is 4.22. The normalized spacial score (nSPS) is 11.5. The first-order chi connectivity index (χ1) is 8.77. The molecule has 2 aromatic carbocycles. The van der Waals surface area contributed by atoms with Crippen LogP contribution in [0, 0.1) is 0 Å². The van der Waals surface area contributed by atoms with E-state index in [1.165, 1.54) is 5.56 Å². The van der Waals surface area contributed by atoms with Gasteiger partial charge in [0.15, 0.2) is 0 Å². The molecule has 0 radical (unpaired) electrons. The number of hydrogen-bond acceptors (Lipinski definition) is 2. The number of para-hydroxylation sites is 1. The molecular formula is C16H17NO. The lowest BCUT2D eigenvalue weighted by Crippen LogP contribution is -1.98. The van der Waals surface area contributed by atoms with Crippen LogP contribution in [0.5, 0.6) is 5.75 Å². The molecule has 1 N–H and O–H groups in total. The van der Waals surface area contributed by atoms with Crippen LogP contribution in [0.1, 0.15) is 18.1 Å². The van der Waals surface area contributed by atoms with E-state index in [1.54, 1.807) is 6.07 Å². The molecule has 2 aromatic rings. The lowest BCUT2D eigenvalue weighted by molar-refractivity contribution is 0.474. The maximum absolute atomic E-state index is 9.72. The first-order valence-corrected chi connectivity index (χ1v) is 6.11. The fourth-order valence-corrected chi connectivity index (χ4v) is 1.86. The van der Waals surface area contributed by atoms with Crippen molar-refractivity contribution in [3.63, 3.8) is 0 Å². The second kappa shape index (κ2) is 6.01. The minimum atomic E-state index is 0.290. The molecule has 2 nitrogen and oxygen atoms in total. The van der Waals surface area contributed by atoms with Gasteiger partial charge < -0.3 is 5.11 Å². The predicted molar refractivity (Wildman–Crippen MR) is 75.3 cm³/mol. The molecule has 0 aliphatic carbocycles. The molecule has 0 amide bonds. The molecule has 0 spiro atoms. The summed E-state index contributed by atoms with van der Waals surface area (Å²) < 4.78 is 0. The van der Waals surface area contributed by atoms with Gasteiger partial charge in [0.25, 0.3) is 0 Å². The van der Waals surface area contributed by atoms with Crippen LogP contribution < -0.4 is 0 Å². The van der Waals surface area contributed by atoms with Crippen molar-refractivity contribution in [2.45, 2.75) is 13.3 Å². The lowest BCUT2D eigenvalue weighted by atomic mass is 10.1. The number of aliphatic imine (C=N–C) groups is 1. The van der Waals surface area contributed by atoms with Crippen LogP contribution in [0.15, 0.2) is 59.6 Å². The van der Waals surface area contributed by atoms with Gasteiger partial charge in [0, 0.05) is 17.8 Å². The first kappa shape index (κ1) is 12.4. The quantitative estimate of drug-likeness (QED) is 0.814. The zero-order valence-corrected chi connectivity index (χ0v) is 10.5. The molecule has 0 fully saturated rings. The predicted octanol–water partition coefficient (Wildman–Crippen LogP) is 3.44. The van der Waals surface area contributed by atoms with E-state index in [1.807, 2.05) is 43.3 Å². The van der Waals surface area contributed by atoms with E-state index in [2.05, 4.69) is 17.1 Å². The molecule has 0 heterocycles. The van der Waals surface area contributed by atoms with Crippen molar-refractivity contribution in [1.29, 1.82) is 0 Å². The topological polar surface area (TPSA) is 32.6 Å². The van der Waals surface area contributed by atoms with Gasteiger partial charge in [-0.3, -0.25) is 4.99 Å². The van der Waals surface area contributed by atoms with E-state index >= 15 is 0 Å². The van der Waals surface area contributed by atoms with E-state index in [0.717, 1.165) is 24.2 Å². The van der Waals surface area contributed by atoms with Gasteiger partial charge in [0.2, 0.25) is 0 Å². The van der Waals surface area contributed by atoms with E-state index in [4.69, 9.17) is 0 Å². The van der Waals surface area contributed by atoms with Crippen LogP contribution in [0.3, 0.4) is 0 Å². The third kappa shape index (κ3) is 3.20. The Balaban J connectivity index is 2.00. The van der Waals surface area contributed by atoms with Crippen molar-refractivity contribution >= 4 is 5.71 Å². The molecule has 0 saturated heterocycles. The number of benzene rings is 2. The van der Waals surface area contributed by atoms with E-state index < -0.39 is 0 Å². The van der Waals surface area contributed by atoms with Crippen LogP contribution in [0.4, 0.5) is 0 Å². The fraction of sp³-hybridized carbons (Fsp3) is 0.188. The lowest BCUT2D eigenvalue weighted by Gasteiger charge is -2.04. The summed E-state index contributed by atoms with van der Waals surface area (Å²) in [5, 5.41) is 9.72. The minimum absolute atomic E-state index is 0.290. The van der Waals surface area contributed by atoms with Gasteiger partial charge in [0.05, 0.1) is 0 Å². The SMILES string of the molecule is CC(=NCCc1ccccc1)c1ccccc1O. The number of aromatic hydroxyl groups is 1. The molecule has 0 bridgehead atoms. The molecule has 2 rings (SSSR count). The van der Waals surface area contributed by atoms with Gasteiger partial charge in [-0.05, 0) is 31.0 Å². The van der Waals surface area contributed by atoms with Gasteiger partial charge in [-0.2, -0.15) is 0 Å². The Morgan fingerprint density at radius 2 is 1.67 bits per heavy atom. The maximum Gasteiger partial charge on any atom is 0.124 e. The summed E-state index contributed by atoms with van der Waals surface area (Å²) in [7, 11) is 0. The third-order valence-corrected chi connectivity index (χ3v) is 2.89. The molecule has 0 aliphatic heterocycles. The van der Waals surface area contributed by atoms with E-state index in [0.29, 0.717) is 5.75 Å². The summed E-state index contributed by atoms with van der Waals surface area (Å²) in [4.78, 5) is 4.51. The summed E-state index contributed by atoms with van der Waals surface area (Å²) in [6, 6.07) is 17.6. The van der Waals surface area contributed by atoms with Crippen molar-refractivity contribution in [2.24, 2.45) is 4.99 Å². The Kier molecular flexibility index (Phi) is 4.13. The minimum Gasteiger partial charge on any atom is -0.507 e. The highest BCUT2D eigenvalue weighted by molar-refractivity contribution is 6.00. The number of phenolic OH excluding ortho intramolecular Hbond substituents is 1. The summed E-state index contributed by atoms with van der Waals surface area (Å²) in [6.07, 6.45) is 0.922. The molecule has 2 heteroatoms. The fourth-order valence-electron chi connectivity index (χ4n) is 1.86. The maximum atomic E-state index is 9.72. The van der Waals surface area contributed by atoms with Crippen molar-refractivity contribution < 1.29 is 5.11 Å². The van der Waals surface area contributed by atoms with E-state index in [9.17, 15) is 5.11 Å². The summed E-state index contributed by atoms with van der Waals surface area (Å²) in [5.74, 6) is 0.290. The van der Waals surface area contributed by atoms with Crippen molar-refractivity contribution in [3.05, 3.63) is 65.7 Å². The smallest absolute Gasteiger partial charge is 0.124 e. The van der Waals surface area contributed by atoms with Crippen molar-refractivity contribution in [2.75, 3.05) is 6.54 Å². The van der Waals surface area contributed by atoms with Gasteiger partial charge in [0.1, 0.15) is 5.75 Å². The van der Waals surface area contributed by atoms with Gasteiger partial charge in [-0.1, -0.05) is 42.5 Å². The van der Waals surface area contributed by atoms with Gasteiger partial charge >= 0.3 is 0 Å². The van der Waals surface area contributed by atoms with Gasteiger partial charge in [-0.15, -0.1) is 0 Å². The highest BCUT2D eigenvalue weighted by Crippen LogP contribution is 2.16. The Bertz CT molecular complexity index is 532. The molecular weight excluding hydrogens is 222 g/mol. The van der Waals surface area contributed by atoms with Crippen molar-refractivity contribution in [3.8, 4) is 5.75 Å². The second-order valence-corrected chi connectivity index (χ2v) is 4.22. The van der Waals surface area contributed by atoms with Gasteiger partial charge in [-0.25, -0.2) is 0 Å². The Morgan fingerprint density at radius 1 is 1.00 bits per heavy atom. The van der Waals surface area contributed by atoms with Crippen LogP contribution in [-0.4, -0.2) is 17.4 Å². The molecule has 18 heavy (non-hydrogen) atoms. The summed E-state index contributed by atoms with van der Waals surface area (Å²) in [5.41, 5.74) is 2.97. The molecule has 0 aromatic heterocycles. The number of rotatable bonds is 4. The average Bonchev–Trinajstić information content (AvgIpc) is 2.40. The third-order valence-electron chi connectivity index (χ3n) is 2.89. The van der Waals surface area contributed by atoms with Crippen molar-refractivity contribution in [1.82, 2.24) is 0 Å². The standard InChI is InChI=1S/C16H17NO/c1-13(15-9-5-6-10-16(15)18)17-12-11-14-7-3-2-4-8-14/h2-10,18H,11-12H2,1H3. The number of phenols is 1. The number of nitrogens with zero attached hydrogens (tertiary/aromatic N) is 1. The van der Waals surface area contributed by atoms with Crippen LogP contribution >= 0.6 is 0 Å². The molecule has 0 unspecified atom stereocenters. The Morgan fingerprint density at radius 3 is 2.39 bits per heavy atom. The molecule has 0 saturated carbocycles. The highest BCUT2D eigenvalue weighted by Gasteiger charge is 2.02. The molecule has 0 atom stereocenters. The Labute approximate surface area is 108 Å². The summed E-state index contributed by atoms with van der Waals surface area (Å²) >= 11 is 0. The summed E-state index contributed by atoms with van der Waals surface area (Å²) in [6.45, 7) is 2.67. The molecule has 92 valence electrons. The Hall–Kier alpha value is -2.09. The average molecular weight is 239 g/mol. The zero-order valence-electron chi connectivity index (χ0n) is 10.5. The van der Waals surface area contributed by atoms with Crippen LogP contribution in [0.2, 0.25) is 0 Å². The largest absolute Gasteiger partial charge is 0.507 e.